The van der Waals surface area contributed by atoms with Crippen molar-refractivity contribution in [2.45, 2.75) is 58.2 Å². The third kappa shape index (κ3) is 3.63. The van der Waals surface area contributed by atoms with Crippen molar-refractivity contribution in [1.82, 2.24) is 0 Å². The third-order valence-corrected chi connectivity index (χ3v) is 2.23. The van der Waals surface area contributed by atoms with Gasteiger partial charge in [-0.15, -0.1) is 0 Å². The number of hydrogen-bond acceptors (Lipinski definition) is 3. The molecule has 3 heteroatoms. The molecular weight excluding hydrogens is 162 g/mol. The lowest BCUT2D eigenvalue weighted by molar-refractivity contribution is 0.126. The van der Waals surface area contributed by atoms with Gasteiger partial charge >= 0.3 is 0 Å². The minimum absolute atomic E-state index is 0.0625. The van der Waals surface area contributed by atoms with Crippen LogP contribution in [0.1, 0.15) is 41.5 Å². The van der Waals surface area contributed by atoms with Gasteiger partial charge in [-0.25, -0.2) is 0 Å². The lowest BCUT2D eigenvalue weighted by atomic mass is 9.66. The maximum absolute atomic E-state index is 6.09. The minimum Gasteiger partial charge on any atom is -0.325 e. The fraction of sp³-hybridized carbons (Fsp3) is 1.00. The average molecular weight is 187 g/mol. The quantitative estimate of drug-likeness (QED) is 0.612. The van der Waals surface area contributed by atoms with Gasteiger partial charge in [0.15, 0.2) is 0 Å². The Labute approximate surface area is 82.0 Å². The van der Waals surface area contributed by atoms with E-state index < -0.39 is 0 Å². The summed E-state index contributed by atoms with van der Waals surface area (Å²) in [6.07, 6.45) is 0. The van der Waals surface area contributed by atoms with Gasteiger partial charge in [-0.05, 0) is 41.5 Å². The van der Waals surface area contributed by atoms with Crippen LogP contribution in [0.5, 0.6) is 0 Å². The maximum Gasteiger partial charge on any atom is 0.0160 e. The Morgan fingerprint density at radius 3 is 0.769 bits per heavy atom. The molecule has 0 radical (unpaired) electrons. The first-order chi connectivity index (χ1) is 5.37. The normalized spacial score (nSPS) is 15.2. The Morgan fingerprint density at radius 1 is 0.615 bits per heavy atom. The highest BCUT2D eigenvalue weighted by molar-refractivity contribution is 5.04. The van der Waals surface area contributed by atoms with Crippen LogP contribution in [0.2, 0.25) is 0 Å². The van der Waals surface area contributed by atoms with Crippen molar-refractivity contribution in [3.8, 4) is 0 Å². The third-order valence-electron chi connectivity index (χ3n) is 2.23. The van der Waals surface area contributed by atoms with Gasteiger partial charge in [0.05, 0.1) is 0 Å². The van der Waals surface area contributed by atoms with Crippen molar-refractivity contribution in [2.24, 2.45) is 23.1 Å². The van der Waals surface area contributed by atoms with Gasteiger partial charge in [-0.1, -0.05) is 0 Å². The summed E-state index contributed by atoms with van der Waals surface area (Å²) in [6, 6.07) is 0. The smallest absolute Gasteiger partial charge is 0.0160 e. The van der Waals surface area contributed by atoms with Crippen LogP contribution < -0.4 is 17.2 Å². The van der Waals surface area contributed by atoms with E-state index in [4.69, 9.17) is 17.2 Å². The van der Waals surface area contributed by atoms with Gasteiger partial charge in [0.25, 0.3) is 0 Å². The second-order valence-corrected chi connectivity index (χ2v) is 5.90. The SMILES string of the molecule is CC(C)(N)C(C(C)(C)N)C(C)(C)N. The summed E-state index contributed by atoms with van der Waals surface area (Å²) >= 11 is 0. The molecule has 6 N–H and O–H groups in total. The van der Waals surface area contributed by atoms with E-state index in [9.17, 15) is 0 Å². The van der Waals surface area contributed by atoms with Crippen LogP contribution in [0, 0.1) is 5.92 Å². The monoisotopic (exact) mass is 187 g/mol. The topological polar surface area (TPSA) is 78.1 Å². The van der Waals surface area contributed by atoms with Crippen LogP contribution in [0.3, 0.4) is 0 Å². The highest BCUT2D eigenvalue weighted by Crippen LogP contribution is 2.32. The van der Waals surface area contributed by atoms with Crippen molar-refractivity contribution >= 4 is 0 Å². The minimum atomic E-state index is -0.365. The molecule has 0 aromatic heterocycles. The first-order valence-corrected chi connectivity index (χ1v) is 4.73. The fourth-order valence-electron chi connectivity index (χ4n) is 2.88. The van der Waals surface area contributed by atoms with Crippen molar-refractivity contribution in [3.63, 3.8) is 0 Å². The molecule has 0 spiro atoms. The molecule has 0 rings (SSSR count). The predicted octanol–water partition coefficient (Wildman–Crippen LogP) is 0.815. The summed E-state index contributed by atoms with van der Waals surface area (Å²) in [5.41, 5.74) is 17.2. The molecule has 3 nitrogen and oxygen atoms in total. The Hall–Kier alpha value is -0.120. The van der Waals surface area contributed by atoms with Crippen molar-refractivity contribution in [3.05, 3.63) is 0 Å². The maximum atomic E-state index is 6.09. The zero-order chi connectivity index (χ0) is 11.1. The highest BCUT2D eigenvalue weighted by Gasteiger charge is 2.44. The first-order valence-electron chi connectivity index (χ1n) is 4.73. The number of rotatable bonds is 3. The second kappa shape index (κ2) is 3.23. The molecule has 0 aliphatic heterocycles. The van der Waals surface area contributed by atoms with E-state index in [1.807, 2.05) is 41.5 Å². The van der Waals surface area contributed by atoms with Gasteiger partial charge in [-0.2, -0.15) is 0 Å². The Bertz CT molecular complexity index is 133. The fourth-order valence-corrected chi connectivity index (χ4v) is 2.88. The van der Waals surface area contributed by atoms with Crippen LogP contribution >= 0.6 is 0 Å². The van der Waals surface area contributed by atoms with Crippen molar-refractivity contribution in [2.75, 3.05) is 0 Å². The van der Waals surface area contributed by atoms with Crippen molar-refractivity contribution in [1.29, 1.82) is 0 Å². The zero-order valence-electron chi connectivity index (χ0n) is 9.81. The molecule has 0 aromatic rings. The average Bonchev–Trinajstić information content (AvgIpc) is 1.44. The number of hydrogen-bond donors (Lipinski definition) is 3. The Balaban J connectivity index is 5.02. The standard InChI is InChI=1S/C10H25N3/c1-8(2,11)7(9(3,4)12)10(5,6)13/h7H,11-13H2,1-6H3. The van der Waals surface area contributed by atoms with E-state index in [2.05, 4.69) is 0 Å². The van der Waals surface area contributed by atoms with Crippen LogP contribution in [-0.2, 0) is 0 Å². The zero-order valence-corrected chi connectivity index (χ0v) is 9.81. The van der Waals surface area contributed by atoms with E-state index in [-0.39, 0.29) is 22.5 Å². The summed E-state index contributed by atoms with van der Waals surface area (Å²) in [6.45, 7) is 11.8. The molecule has 0 aliphatic carbocycles. The largest absolute Gasteiger partial charge is 0.325 e. The molecule has 13 heavy (non-hydrogen) atoms. The van der Waals surface area contributed by atoms with Crippen LogP contribution in [0.15, 0.2) is 0 Å². The van der Waals surface area contributed by atoms with Gasteiger partial charge < -0.3 is 17.2 Å². The molecule has 0 saturated carbocycles. The summed E-state index contributed by atoms with van der Waals surface area (Å²) in [4.78, 5) is 0. The van der Waals surface area contributed by atoms with Crippen LogP contribution in [0.4, 0.5) is 0 Å². The molecule has 0 aliphatic rings. The van der Waals surface area contributed by atoms with E-state index in [0.717, 1.165) is 0 Å². The van der Waals surface area contributed by atoms with E-state index in [1.165, 1.54) is 0 Å². The molecule has 0 atom stereocenters. The molecule has 0 saturated heterocycles. The molecule has 0 fully saturated rings. The molecule has 0 aromatic carbocycles. The van der Waals surface area contributed by atoms with Crippen LogP contribution in [-0.4, -0.2) is 16.6 Å². The lowest BCUT2D eigenvalue weighted by Crippen LogP contribution is -2.66. The van der Waals surface area contributed by atoms with Gasteiger partial charge in [0, 0.05) is 22.5 Å². The lowest BCUT2D eigenvalue weighted by Gasteiger charge is -2.48. The van der Waals surface area contributed by atoms with Gasteiger partial charge in [0.1, 0.15) is 0 Å². The molecule has 0 heterocycles. The molecular formula is C10H25N3. The first kappa shape index (κ1) is 12.9. The van der Waals surface area contributed by atoms with Crippen molar-refractivity contribution < 1.29 is 0 Å². The van der Waals surface area contributed by atoms with Gasteiger partial charge in [-0.3, -0.25) is 0 Å². The van der Waals surface area contributed by atoms with Crippen LogP contribution in [0.25, 0.3) is 0 Å². The Morgan fingerprint density at radius 2 is 0.769 bits per heavy atom. The molecule has 0 bridgehead atoms. The summed E-state index contributed by atoms with van der Waals surface area (Å²) in [5.74, 6) is 0.0625. The van der Waals surface area contributed by atoms with E-state index in [0.29, 0.717) is 0 Å². The molecule has 80 valence electrons. The van der Waals surface area contributed by atoms with E-state index in [1.54, 1.807) is 0 Å². The number of nitrogens with two attached hydrogens (primary N) is 3. The van der Waals surface area contributed by atoms with Gasteiger partial charge in [0.2, 0.25) is 0 Å². The summed E-state index contributed by atoms with van der Waals surface area (Å²) in [5, 5.41) is 0. The Kier molecular flexibility index (Phi) is 3.20. The second-order valence-electron chi connectivity index (χ2n) is 5.90. The molecule has 0 unspecified atom stereocenters. The van der Waals surface area contributed by atoms with E-state index >= 15 is 0 Å². The summed E-state index contributed by atoms with van der Waals surface area (Å²) < 4.78 is 0. The predicted molar refractivity (Wildman–Crippen MR) is 58.3 cm³/mol. The summed E-state index contributed by atoms with van der Waals surface area (Å²) in [7, 11) is 0. The highest BCUT2D eigenvalue weighted by atomic mass is 14.9. The molecule has 0 amide bonds.